The Hall–Kier alpha value is -1.47. The first-order chi connectivity index (χ1) is 9.12. The Bertz CT molecular complexity index is 494. The summed E-state index contributed by atoms with van der Waals surface area (Å²) in [4.78, 5) is 12.5. The lowest BCUT2D eigenvalue weighted by Crippen LogP contribution is -2.43. The summed E-state index contributed by atoms with van der Waals surface area (Å²) in [7, 11) is 1.16. The Balaban J connectivity index is 2.69. The fraction of sp³-hybridized carbons (Fsp3) is 0.417. The normalized spacial score (nSPS) is 12.9. The van der Waals surface area contributed by atoms with E-state index in [-0.39, 0.29) is 0 Å². The maximum Gasteiger partial charge on any atom is 0.416 e. The van der Waals surface area contributed by atoms with Crippen LogP contribution in [0, 0.1) is 6.92 Å². The van der Waals surface area contributed by atoms with Crippen LogP contribution in [0.5, 0.6) is 0 Å². The zero-order valence-corrected chi connectivity index (χ0v) is 11.6. The number of hydrogen-bond acceptors (Lipinski definition) is 2. The Labute approximate surface area is 119 Å². The minimum Gasteiger partial charge on any atom is -0.382 e. The number of benzene rings is 1. The van der Waals surface area contributed by atoms with Gasteiger partial charge >= 0.3 is 12.2 Å². The smallest absolute Gasteiger partial charge is 0.382 e. The summed E-state index contributed by atoms with van der Waals surface area (Å²) in [6, 6.07) is 4.05. The van der Waals surface area contributed by atoms with Crippen LogP contribution in [0.3, 0.4) is 0 Å². The molecule has 0 bridgehead atoms. The van der Waals surface area contributed by atoms with Gasteiger partial charge in [-0.25, -0.2) is 4.79 Å². The molecular weight excluding hydrogens is 297 g/mol. The van der Waals surface area contributed by atoms with Gasteiger partial charge in [0.15, 0.2) is 6.10 Å². The third kappa shape index (κ3) is 4.28. The summed E-state index contributed by atoms with van der Waals surface area (Å²) in [5.41, 5.74) is 1.00. The van der Waals surface area contributed by atoms with Crippen molar-refractivity contribution in [3.05, 3.63) is 28.8 Å². The van der Waals surface area contributed by atoms with Gasteiger partial charge in [0, 0.05) is 17.8 Å². The SMILES string of the molecule is Cc1c(Cl)cccc1NC(=O)N(C)CC(O)C(F)(F)F. The number of hydrogen-bond donors (Lipinski definition) is 2. The van der Waals surface area contributed by atoms with E-state index < -0.39 is 24.9 Å². The van der Waals surface area contributed by atoms with Crippen LogP contribution in [-0.4, -0.2) is 41.9 Å². The van der Waals surface area contributed by atoms with Crippen molar-refractivity contribution < 1.29 is 23.1 Å². The number of carbonyl (C=O) groups is 1. The molecule has 0 aliphatic carbocycles. The van der Waals surface area contributed by atoms with Crippen LogP contribution in [0.2, 0.25) is 5.02 Å². The first-order valence-corrected chi connectivity index (χ1v) is 6.02. The van der Waals surface area contributed by atoms with Crippen molar-refractivity contribution in [1.29, 1.82) is 0 Å². The largest absolute Gasteiger partial charge is 0.416 e. The molecule has 1 rings (SSSR count). The van der Waals surface area contributed by atoms with E-state index in [2.05, 4.69) is 5.32 Å². The molecule has 112 valence electrons. The van der Waals surface area contributed by atoms with Gasteiger partial charge in [0.25, 0.3) is 0 Å². The third-order valence-electron chi connectivity index (χ3n) is 2.68. The fourth-order valence-electron chi connectivity index (χ4n) is 1.40. The second kappa shape index (κ2) is 6.32. The number of anilines is 1. The van der Waals surface area contributed by atoms with Crippen LogP contribution in [0.4, 0.5) is 23.7 Å². The third-order valence-corrected chi connectivity index (χ3v) is 3.09. The predicted molar refractivity (Wildman–Crippen MR) is 69.9 cm³/mol. The molecular formula is C12H14ClF3N2O2. The highest BCUT2D eigenvalue weighted by atomic mass is 35.5. The number of aliphatic hydroxyl groups excluding tert-OH is 1. The van der Waals surface area contributed by atoms with E-state index in [1.807, 2.05) is 0 Å². The molecule has 0 radical (unpaired) electrons. The molecule has 1 atom stereocenters. The molecule has 0 aliphatic heterocycles. The van der Waals surface area contributed by atoms with Gasteiger partial charge in [-0.2, -0.15) is 13.2 Å². The van der Waals surface area contributed by atoms with Crippen LogP contribution in [0.15, 0.2) is 18.2 Å². The van der Waals surface area contributed by atoms with Crippen molar-refractivity contribution in [2.24, 2.45) is 0 Å². The van der Waals surface area contributed by atoms with Crippen molar-refractivity contribution in [2.75, 3.05) is 18.9 Å². The van der Waals surface area contributed by atoms with Crippen LogP contribution in [0.25, 0.3) is 0 Å². The van der Waals surface area contributed by atoms with Crippen molar-refractivity contribution in [1.82, 2.24) is 4.90 Å². The molecule has 2 amide bonds. The van der Waals surface area contributed by atoms with Crippen molar-refractivity contribution in [2.45, 2.75) is 19.2 Å². The number of nitrogens with zero attached hydrogens (tertiary/aromatic N) is 1. The van der Waals surface area contributed by atoms with E-state index in [4.69, 9.17) is 16.7 Å². The Kier molecular flexibility index (Phi) is 5.24. The summed E-state index contributed by atoms with van der Waals surface area (Å²) < 4.78 is 36.6. The summed E-state index contributed by atoms with van der Waals surface area (Å²) in [6.45, 7) is 0.817. The average molecular weight is 311 g/mol. The van der Waals surface area contributed by atoms with Crippen LogP contribution >= 0.6 is 11.6 Å². The van der Waals surface area contributed by atoms with Gasteiger partial charge in [-0.05, 0) is 24.6 Å². The highest BCUT2D eigenvalue weighted by Crippen LogP contribution is 2.24. The van der Waals surface area contributed by atoms with Gasteiger partial charge in [-0.3, -0.25) is 0 Å². The molecule has 8 heteroatoms. The lowest BCUT2D eigenvalue weighted by Gasteiger charge is -2.23. The van der Waals surface area contributed by atoms with E-state index in [1.165, 1.54) is 0 Å². The number of urea groups is 1. The molecule has 0 heterocycles. The number of amides is 2. The molecule has 1 unspecified atom stereocenters. The number of halogens is 4. The minimum absolute atomic E-state index is 0.399. The molecule has 0 saturated heterocycles. The molecule has 0 saturated carbocycles. The van der Waals surface area contributed by atoms with Gasteiger partial charge in [-0.1, -0.05) is 17.7 Å². The summed E-state index contributed by atoms with van der Waals surface area (Å²) in [5, 5.41) is 11.8. The maximum absolute atomic E-state index is 12.2. The van der Waals surface area contributed by atoms with E-state index in [1.54, 1.807) is 25.1 Å². The Morgan fingerprint density at radius 3 is 2.65 bits per heavy atom. The van der Waals surface area contributed by atoms with Gasteiger partial charge in [0.2, 0.25) is 0 Å². The molecule has 4 nitrogen and oxygen atoms in total. The van der Waals surface area contributed by atoms with Gasteiger partial charge in [0.05, 0.1) is 6.54 Å². The highest BCUT2D eigenvalue weighted by molar-refractivity contribution is 6.31. The molecule has 20 heavy (non-hydrogen) atoms. The summed E-state index contributed by atoms with van der Waals surface area (Å²) in [5.74, 6) is 0. The summed E-state index contributed by atoms with van der Waals surface area (Å²) >= 11 is 5.87. The fourth-order valence-corrected chi connectivity index (χ4v) is 1.57. The van der Waals surface area contributed by atoms with Gasteiger partial charge in [-0.15, -0.1) is 0 Å². The zero-order valence-electron chi connectivity index (χ0n) is 10.8. The topological polar surface area (TPSA) is 52.6 Å². The average Bonchev–Trinajstić information content (AvgIpc) is 2.33. The molecule has 0 spiro atoms. The van der Waals surface area contributed by atoms with Crippen LogP contribution in [-0.2, 0) is 0 Å². The van der Waals surface area contributed by atoms with Crippen molar-refractivity contribution in [3.63, 3.8) is 0 Å². The van der Waals surface area contributed by atoms with Crippen LogP contribution in [0.1, 0.15) is 5.56 Å². The Morgan fingerprint density at radius 2 is 2.10 bits per heavy atom. The highest BCUT2D eigenvalue weighted by Gasteiger charge is 2.39. The van der Waals surface area contributed by atoms with E-state index in [9.17, 15) is 18.0 Å². The lowest BCUT2D eigenvalue weighted by atomic mass is 10.2. The number of aliphatic hydroxyl groups is 1. The molecule has 1 aromatic rings. The standard InChI is InChI=1S/C12H14ClF3N2O2/c1-7-8(13)4-3-5-9(7)17-11(20)18(2)6-10(19)12(14,15)16/h3-5,10,19H,6H2,1-2H3,(H,17,20). The van der Waals surface area contributed by atoms with Crippen molar-refractivity contribution >= 4 is 23.3 Å². The molecule has 0 aromatic heterocycles. The number of likely N-dealkylation sites (N-methyl/N-ethyl adjacent to an activating group) is 1. The van der Waals surface area contributed by atoms with Gasteiger partial charge < -0.3 is 15.3 Å². The molecule has 2 N–H and O–H groups in total. The molecule has 1 aromatic carbocycles. The Morgan fingerprint density at radius 1 is 1.50 bits per heavy atom. The first-order valence-electron chi connectivity index (χ1n) is 5.65. The van der Waals surface area contributed by atoms with Crippen LogP contribution < -0.4 is 5.32 Å². The number of nitrogens with one attached hydrogen (secondary N) is 1. The number of carbonyl (C=O) groups excluding carboxylic acids is 1. The van der Waals surface area contributed by atoms with E-state index >= 15 is 0 Å². The maximum atomic E-state index is 12.2. The summed E-state index contributed by atoms with van der Waals surface area (Å²) in [6.07, 6.45) is -7.35. The van der Waals surface area contributed by atoms with E-state index in [0.717, 1.165) is 11.9 Å². The number of rotatable bonds is 3. The zero-order chi connectivity index (χ0) is 15.5. The minimum atomic E-state index is -4.76. The van der Waals surface area contributed by atoms with E-state index in [0.29, 0.717) is 16.3 Å². The second-order valence-electron chi connectivity index (χ2n) is 4.28. The second-order valence-corrected chi connectivity index (χ2v) is 4.69. The van der Waals surface area contributed by atoms with Gasteiger partial charge in [0.1, 0.15) is 0 Å². The lowest BCUT2D eigenvalue weighted by molar-refractivity contribution is -0.205. The number of alkyl halides is 3. The monoisotopic (exact) mass is 310 g/mol. The van der Waals surface area contributed by atoms with Crippen molar-refractivity contribution in [3.8, 4) is 0 Å². The molecule has 0 fully saturated rings. The predicted octanol–water partition coefficient (Wildman–Crippen LogP) is 3.04. The first kappa shape index (κ1) is 16.6. The molecule has 0 aliphatic rings. The quantitative estimate of drug-likeness (QED) is 0.901.